The van der Waals surface area contributed by atoms with Crippen LogP contribution in [0.3, 0.4) is 0 Å². The zero-order valence-electron chi connectivity index (χ0n) is 38.6. The molecule has 0 saturated heterocycles. The fraction of sp³-hybridized carbons (Fsp3) is 0.640. The molecular formula is C50H79O7Si2. The predicted octanol–water partition coefficient (Wildman–Crippen LogP) is 15.2. The number of rotatable bonds is 32. The van der Waals surface area contributed by atoms with Gasteiger partial charge < -0.3 is 32.5 Å². The first-order valence-electron chi connectivity index (χ1n) is 23.5. The van der Waals surface area contributed by atoms with Gasteiger partial charge in [0, 0.05) is 0 Å². The van der Waals surface area contributed by atoms with E-state index in [1.54, 1.807) is 0 Å². The van der Waals surface area contributed by atoms with E-state index in [9.17, 15) is 0 Å². The van der Waals surface area contributed by atoms with Gasteiger partial charge in [-0.3, -0.25) is 0 Å². The van der Waals surface area contributed by atoms with Crippen LogP contribution in [0.15, 0.2) is 36.4 Å². The first-order chi connectivity index (χ1) is 28.7. The van der Waals surface area contributed by atoms with Gasteiger partial charge in [0.25, 0.3) is 0 Å². The molecule has 59 heavy (non-hydrogen) atoms. The Kier molecular flexibility index (Phi) is 21.6. The van der Waals surface area contributed by atoms with Crippen LogP contribution in [-0.4, -0.2) is 57.0 Å². The minimum Gasteiger partial charge on any atom is -0.490 e. The molecule has 0 N–H and O–H groups in total. The van der Waals surface area contributed by atoms with Crippen LogP contribution in [0, 0.1) is 0 Å². The van der Waals surface area contributed by atoms with E-state index >= 15 is 0 Å². The molecule has 0 unspecified atom stereocenters. The molecule has 0 aliphatic carbocycles. The summed E-state index contributed by atoms with van der Waals surface area (Å²) in [4.78, 5) is 0. The number of benzene rings is 4. The molecule has 0 aliphatic rings. The number of fused-ring (bicyclic) bond motifs is 6. The van der Waals surface area contributed by atoms with Crippen molar-refractivity contribution in [2.24, 2.45) is 0 Å². The molecular weight excluding hydrogens is 769 g/mol. The van der Waals surface area contributed by atoms with Crippen molar-refractivity contribution in [3.05, 3.63) is 36.4 Å². The van der Waals surface area contributed by atoms with Gasteiger partial charge in [0.1, 0.15) is 0 Å². The summed E-state index contributed by atoms with van der Waals surface area (Å²) < 4.78 is 46.1. The quantitative estimate of drug-likeness (QED) is 0.0275. The van der Waals surface area contributed by atoms with E-state index in [1.807, 2.05) is 0 Å². The molecule has 0 saturated carbocycles. The van der Waals surface area contributed by atoms with Crippen molar-refractivity contribution in [2.75, 3.05) is 39.6 Å². The topological polar surface area (TPSA) is 64.6 Å². The van der Waals surface area contributed by atoms with Crippen LogP contribution in [0.25, 0.3) is 32.3 Å². The molecule has 0 bridgehead atoms. The fourth-order valence-corrected chi connectivity index (χ4v) is 13.5. The molecule has 9 heteroatoms. The Bertz CT molecular complexity index is 1780. The highest BCUT2D eigenvalue weighted by molar-refractivity contribution is 6.77. The van der Waals surface area contributed by atoms with Gasteiger partial charge in [-0.25, -0.2) is 0 Å². The average Bonchev–Trinajstić information content (AvgIpc) is 3.21. The molecule has 4 aromatic carbocycles. The van der Waals surface area contributed by atoms with Crippen LogP contribution in [0.5, 0.6) is 34.5 Å². The SMILES string of the molecule is CCCCCOc1cc2c3cc(OCCCCC)c(OCCCCC)cc3c3cc(OCCC[Si](C)(C)O[Si](C)C)c(OCCCCC)cc3c2cc1OCCCCC. The Labute approximate surface area is 361 Å². The molecule has 7 nitrogen and oxygen atoms in total. The zero-order valence-corrected chi connectivity index (χ0v) is 40.6. The first kappa shape index (κ1) is 48.5. The summed E-state index contributed by atoms with van der Waals surface area (Å²) in [5, 5.41) is 6.57. The Morgan fingerprint density at radius 3 is 0.780 bits per heavy atom. The van der Waals surface area contributed by atoms with Gasteiger partial charge in [-0.1, -0.05) is 98.8 Å². The number of ether oxygens (including phenoxy) is 6. The molecule has 0 atom stereocenters. The van der Waals surface area contributed by atoms with Gasteiger partial charge in [-0.05, 0) is 139 Å². The Morgan fingerprint density at radius 1 is 0.356 bits per heavy atom. The minimum absolute atomic E-state index is 0.605. The van der Waals surface area contributed by atoms with Crippen LogP contribution in [-0.2, 0) is 4.12 Å². The van der Waals surface area contributed by atoms with E-state index in [-0.39, 0.29) is 0 Å². The molecule has 0 amide bonds. The normalized spacial score (nSPS) is 11.9. The highest BCUT2D eigenvalue weighted by Gasteiger charge is 2.24. The average molecular weight is 848 g/mol. The first-order valence-corrected chi connectivity index (χ1v) is 29.0. The largest absolute Gasteiger partial charge is 0.490 e. The molecule has 0 aromatic heterocycles. The Balaban J connectivity index is 1.97. The maximum atomic E-state index is 6.72. The molecule has 0 fully saturated rings. The lowest BCUT2D eigenvalue weighted by Crippen LogP contribution is -2.35. The van der Waals surface area contributed by atoms with E-state index in [1.165, 1.54) is 0 Å². The maximum absolute atomic E-state index is 6.72. The lowest BCUT2D eigenvalue weighted by molar-refractivity contribution is 0.260. The summed E-state index contributed by atoms with van der Waals surface area (Å²) in [7, 11) is -2.50. The number of unbranched alkanes of at least 4 members (excludes halogenated alkanes) is 10. The maximum Gasteiger partial charge on any atom is 0.191 e. The van der Waals surface area contributed by atoms with E-state index in [4.69, 9.17) is 32.5 Å². The van der Waals surface area contributed by atoms with Crippen LogP contribution in [0.2, 0.25) is 32.2 Å². The van der Waals surface area contributed by atoms with E-state index < -0.39 is 17.4 Å². The second kappa shape index (κ2) is 26.2. The summed E-state index contributed by atoms with van der Waals surface area (Å²) in [5.41, 5.74) is 0. The van der Waals surface area contributed by atoms with Crippen molar-refractivity contribution >= 4 is 49.7 Å². The third kappa shape index (κ3) is 15.4. The fourth-order valence-electron chi connectivity index (χ4n) is 7.65. The van der Waals surface area contributed by atoms with Gasteiger partial charge in [0.15, 0.2) is 51.9 Å². The van der Waals surface area contributed by atoms with E-state index in [0.717, 1.165) is 176 Å². The zero-order chi connectivity index (χ0) is 42.5. The summed E-state index contributed by atoms with van der Waals surface area (Å²) >= 11 is 0. The summed E-state index contributed by atoms with van der Waals surface area (Å²) in [6.45, 7) is 24.1. The molecule has 329 valence electrons. The Morgan fingerprint density at radius 2 is 0.576 bits per heavy atom. The van der Waals surface area contributed by atoms with Gasteiger partial charge >= 0.3 is 0 Å². The van der Waals surface area contributed by atoms with Crippen molar-refractivity contribution in [1.82, 2.24) is 0 Å². The van der Waals surface area contributed by atoms with Gasteiger partial charge in [0.05, 0.1) is 39.6 Å². The lowest BCUT2D eigenvalue weighted by Gasteiger charge is -2.25. The van der Waals surface area contributed by atoms with E-state index in [0.29, 0.717) is 39.6 Å². The highest BCUT2D eigenvalue weighted by Crippen LogP contribution is 2.47. The van der Waals surface area contributed by atoms with Crippen molar-refractivity contribution in [2.45, 2.75) is 170 Å². The third-order valence-corrected chi connectivity index (χ3v) is 16.2. The molecule has 1 radical (unpaired) electrons. The molecule has 0 spiro atoms. The van der Waals surface area contributed by atoms with Crippen LogP contribution < -0.4 is 28.4 Å². The summed E-state index contributed by atoms with van der Waals surface area (Å²) in [6.07, 6.45) is 17.3. The third-order valence-electron chi connectivity index (χ3n) is 10.8. The molecule has 4 rings (SSSR count). The van der Waals surface area contributed by atoms with Crippen molar-refractivity contribution in [3.8, 4) is 34.5 Å². The van der Waals surface area contributed by atoms with Crippen LogP contribution in [0.4, 0.5) is 0 Å². The minimum atomic E-state index is -1.75. The van der Waals surface area contributed by atoms with Crippen molar-refractivity contribution in [1.29, 1.82) is 0 Å². The van der Waals surface area contributed by atoms with Gasteiger partial charge in [-0.15, -0.1) is 0 Å². The lowest BCUT2D eigenvalue weighted by atomic mass is 9.93. The standard InChI is InChI=1S/C50H79O7Si2/c1-10-15-20-26-51-45-33-39-40-34-46(52-27-21-16-11-2)48(54-29-23-18-13-4)36-42(40)44-38-50(56-31-25-32-59(8,9)57-58(6)7)49(55-30-24-19-14-5)37-43(44)41(39)35-47(45)53-28-22-17-12-3/h33-38H,10-32H2,1-9H3. The van der Waals surface area contributed by atoms with Crippen LogP contribution in [0.1, 0.15) is 137 Å². The number of hydrogen-bond acceptors (Lipinski definition) is 7. The summed E-state index contributed by atoms with van der Waals surface area (Å²) in [5.74, 6) is 4.74. The molecule has 0 heterocycles. The second-order valence-corrected chi connectivity index (χ2v) is 23.7. The second-order valence-electron chi connectivity index (χ2n) is 17.0. The smallest absolute Gasteiger partial charge is 0.191 e. The Hall–Kier alpha value is -3.15. The van der Waals surface area contributed by atoms with Gasteiger partial charge in [-0.2, -0.15) is 0 Å². The van der Waals surface area contributed by atoms with Crippen molar-refractivity contribution in [3.63, 3.8) is 0 Å². The summed E-state index contributed by atoms with van der Waals surface area (Å²) in [6, 6.07) is 14.3. The monoisotopic (exact) mass is 848 g/mol. The molecule has 4 aromatic rings. The number of hydrogen-bond donors (Lipinski definition) is 0. The predicted molar refractivity (Wildman–Crippen MR) is 255 cm³/mol. The molecule has 0 aliphatic heterocycles. The van der Waals surface area contributed by atoms with Crippen molar-refractivity contribution < 1.29 is 32.5 Å². The van der Waals surface area contributed by atoms with Crippen LogP contribution >= 0.6 is 0 Å². The highest BCUT2D eigenvalue weighted by atomic mass is 28.4. The van der Waals surface area contributed by atoms with Gasteiger partial charge in [0.2, 0.25) is 0 Å². The van der Waals surface area contributed by atoms with E-state index in [2.05, 4.69) is 97.2 Å².